The number of rotatable bonds is 3. The van der Waals surface area contributed by atoms with Crippen LogP contribution in [0.5, 0.6) is 0 Å². The van der Waals surface area contributed by atoms with Crippen molar-refractivity contribution in [3.05, 3.63) is 21.6 Å². The Kier molecular flexibility index (Phi) is 3.02. The topological polar surface area (TPSA) is 86.0 Å². The van der Waals surface area contributed by atoms with Gasteiger partial charge >= 0.3 is 5.97 Å². The van der Waals surface area contributed by atoms with Crippen molar-refractivity contribution in [2.45, 2.75) is 39.0 Å². The van der Waals surface area contributed by atoms with Crippen LogP contribution in [0.3, 0.4) is 0 Å². The van der Waals surface area contributed by atoms with Gasteiger partial charge in [0.15, 0.2) is 0 Å². The zero-order chi connectivity index (χ0) is 11.6. The van der Waals surface area contributed by atoms with Gasteiger partial charge in [0.1, 0.15) is 0 Å². The number of aliphatic carboxylic acids is 1. The normalized spacial score (nSPS) is 11.7. The standard InChI is InChI=1S/C10H16N2O3/c1-10(2,3)8-6(4-5-7(13)14)9(15)12-11-8/h4-5H2,1-3H3,(H,13,14)(H2,11,12,15). The summed E-state index contributed by atoms with van der Waals surface area (Å²) in [6.07, 6.45) is 0.241. The van der Waals surface area contributed by atoms with E-state index < -0.39 is 5.97 Å². The largest absolute Gasteiger partial charge is 0.481 e. The third-order valence-electron chi connectivity index (χ3n) is 2.22. The Morgan fingerprint density at radius 2 is 1.93 bits per heavy atom. The van der Waals surface area contributed by atoms with Crippen LogP contribution in [0, 0.1) is 0 Å². The molecule has 0 saturated heterocycles. The van der Waals surface area contributed by atoms with Crippen molar-refractivity contribution in [1.29, 1.82) is 0 Å². The van der Waals surface area contributed by atoms with E-state index in [9.17, 15) is 9.59 Å². The first-order valence-electron chi connectivity index (χ1n) is 4.84. The minimum atomic E-state index is -0.893. The molecule has 1 heterocycles. The number of hydrogen-bond donors (Lipinski definition) is 3. The van der Waals surface area contributed by atoms with Crippen LogP contribution < -0.4 is 5.56 Å². The maximum atomic E-state index is 11.4. The van der Waals surface area contributed by atoms with Gasteiger partial charge in [-0.2, -0.15) is 0 Å². The van der Waals surface area contributed by atoms with Gasteiger partial charge in [0.05, 0.1) is 0 Å². The number of hydrogen-bond acceptors (Lipinski definition) is 2. The highest BCUT2D eigenvalue weighted by molar-refractivity contribution is 5.67. The van der Waals surface area contributed by atoms with Gasteiger partial charge in [-0.3, -0.25) is 14.7 Å². The lowest BCUT2D eigenvalue weighted by atomic mass is 9.88. The summed E-state index contributed by atoms with van der Waals surface area (Å²) in [5, 5.41) is 13.9. The number of carbonyl (C=O) groups is 1. The predicted molar refractivity (Wildman–Crippen MR) is 56.1 cm³/mol. The summed E-state index contributed by atoms with van der Waals surface area (Å²) in [6, 6.07) is 0. The number of H-pyrrole nitrogens is 2. The van der Waals surface area contributed by atoms with Crippen LogP contribution in [0.4, 0.5) is 0 Å². The molecule has 84 valence electrons. The van der Waals surface area contributed by atoms with Gasteiger partial charge in [-0.1, -0.05) is 20.8 Å². The zero-order valence-electron chi connectivity index (χ0n) is 9.18. The second kappa shape index (κ2) is 3.92. The summed E-state index contributed by atoms with van der Waals surface area (Å²) in [4.78, 5) is 21.9. The van der Waals surface area contributed by atoms with Crippen molar-refractivity contribution in [3.8, 4) is 0 Å². The fourth-order valence-electron chi connectivity index (χ4n) is 1.49. The molecule has 0 saturated carbocycles. The van der Waals surface area contributed by atoms with E-state index in [1.165, 1.54) is 0 Å². The minimum Gasteiger partial charge on any atom is -0.481 e. The van der Waals surface area contributed by atoms with Gasteiger partial charge in [0, 0.05) is 23.1 Å². The number of nitrogens with one attached hydrogen (secondary N) is 2. The molecule has 0 aromatic carbocycles. The van der Waals surface area contributed by atoms with E-state index in [-0.39, 0.29) is 23.8 Å². The van der Waals surface area contributed by atoms with Crippen LogP contribution in [0.2, 0.25) is 0 Å². The lowest BCUT2D eigenvalue weighted by molar-refractivity contribution is -0.136. The zero-order valence-corrected chi connectivity index (χ0v) is 9.18. The molecule has 0 aliphatic carbocycles. The number of carboxylic acids is 1. The number of aromatic amines is 2. The lowest BCUT2D eigenvalue weighted by Crippen LogP contribution is -2.17. The Labute approximate surface area is 87.5 Å². The Morgan fingerprint density at radius 3 is 2.40 bits per heavy atom. The quantitative estimate of drug-likeness (QED) is 0.699. The molecule has 0 aliphatic heterocycles. The molecule has 1 aromatic heterocycles. The average Bonchev–Trinajstić information content (AvgIpc) is 2.42. The minimum absolute atomic E-state index is 0.0238. The summed E-state index contributed by atoms with van der Waals surface area (Å²) < 4.78 is 0. The Morgan fingerprint density at radius 1 is 1.33 bits per heavy atom. The number of carboxylic acid groups (broad SMARTS) is 1. The highest BCUT2D eigenvalue weighted by atomic mass is 16.4. The molecule has 0 radical (unpaired) electrons. The van der Waals surface area contributed by atoms with Crippen LogP contribution >= 0.6 is 0 Å². The summed E-state index contributed by atoms with van der Waals surface area (Å²) in [7, 11) is 0. The van der Waals surface area contributed by atoms with Crippen molar-refractivity contribution >= 4 is 5.97 Å². The van der Waals surface area contributed by atoms with Gasteiger partial charge in [-0.05, 0) is 6.42 Å². The molecule has 0 atom stereocenters. The monoisotopic (exact) mass is 212 g/mol. The fourth-order valence-corrected chi connectivity index (χ4v) is 1.49. The van der Waals surface area contributed by atoms with Crippen molar-refractivity contribution in [2.24, 2.45) is 0 Å². The SMILES string of the molecule is CC(C)(C)c1[nH][nH]c(=O)c1CCC(=O)O. The van der Waals surface area contributed by atoms with Gasteiger partial charge in [0.25, 0.3) is 5.56 Å². The van der Waals surface area contributed by atoms with Crippen molar-refractivity contribution < 1.29 is 9.90 Å². The highest BCUT2D eigenvalue weighted by Gasteiger charge is 2.22. The van der Waals surface area contributed by atoms with E-state index in [0.717, 1.165) is 5.69 Å². The summed E-state index contributed by atoms with van der Waals surface area (Å²) in [5.41, 5.74) is 0.923. The number of aromatic nitrogens is 2. The molecule has 1 aromatic rings. The summed E-state index contributed by atoms with van der Waals surface area (Å²) >= 11 is 0. The van der Waals surface area contributed by atoms with E-state index in [1.54, 1.807) is 0 Å². The molecule has 1 rings (SSSR count). The summed E-state index contributed by atoms with van der Waals surface area (Å²) in [6.45, 7) is 5.91. The molecular formula is C10H16N2O3. The van der Waals surface area contributed by atoms with E-state index >= 15 is 0 Å². The van der Waals surface area contributed by atoms with Crippen LogP contribution in [0.15, 0.2) is 4.79 Å². The molecule has 15 heavy (non-hydrogen) atoms. The van der Waals surface area contributed by atoms with Crippen molar-refractivity contribution in [1.82, 2.24) is 10.2 Å². The lowest BCUT2D eigenvalue weighted by Gasteiger charge is -2.17. The maximum absolute atomic E-state index is 11.4. The molecule has 3 N–H and O–H groups in total. The van der Waals surface area contributed by atoms with Crippen molar-refractivity contribution in [3.63, 3.8) is 0 Å². The van der Waals surface area contributed by atoms with Gasteiger partial charge in [0.2, 0.25) is 0 Å². The highest BCUT2D eigenvalue weighted by Crippen LogP contribution is 2.22. The van der Waals surface area contributed by atoms with E-state index in [0.29, 0.717) is 5.56 Å². The molecule has 0 bridgehead atoms. The fraction of sp³-hybridized carbons (Fsp3) is 0.600. The molecule has 0 amide bonds. The van der Waals surface area contributed by atoms with Crippen molar-refractivity contribution in [2.75, 3.05) is 0 Å². The molecule has 0 spiro atoms. The second-order valence-corrected chi connectivity index (χ2v) is 4.58. The van der Waals surface area contributed by atoms with Crippen LogP contribution in [-0.4, -0.2) is 21.3 Å². The third-order valence-corrected chi connectivity index (χ3v) is 2.22. The Hall–Kier alpha value is -1.52. The van der Waals surface area contributed by atoms with Gasteiger partial charge < -0.3 is 10.2 Å². The molecule has 5 heteroatoms. The van der Waals surface area contributed by atoms with Gasteiger partial charge in [-0.15, -0.1) is 0 Å². The Balaban J connectivity index is 3.00. The summed E-state index contributed by atoms with van der Waals surface area (Å²) in [5.74, 6) is -0.893. The molecule has 5 nitrogen and oxygen atoms in total. The molecule has 0 fully saturated rings. The van der Waals surface area contributed by atoms with Crippen LogP contribution in [-0.2, 0) is 16.6 Å². The average molecular weight is 212 g/mol. The molecule has 0 aliphatic rings. The maximum Gasteiger partial charge on any atom is 0.303 e. The first-order chi connectivity index (χ1) is 6.82. The second-order valence-electron chi connectivity index (χ2n) is 4.58. The molecule has 0 unspecified atom stereocenters. The Bertz CT molecular complexity index is 409. The smallest absolute Gasteiger partial charge is 0.303 e. The van der Waals surface area contributed by atoms with E-state index in [4.69, 9.17) is 5.11 Å². The first-order valence-corrected chi connectivity index (χ1v) is 4.84. The van der Waals surface area contributed by atoms with Gasteiger partial charge in [-0.25, -0.2) is 0 Å². The molecular weight excluding hydrogens is 196 g/mol. The van der Waals surface area contributed by atoms with E-state index in [2.05, 4.69) is 10.2 Å². The third kappa shape index (κ3) is 2.71. The van der Waals surface area contributed by atoms with Crippen LogP contribution in [0.1, 0.15) is 38.4 Å². The van der Waals surface area contributed by atoms with Crippen LogP contribution in [0.25, 0.3) is 0 Å². The first kappa shape index (κ1) is 11.6. The van der Waals surface area contributed by atoms with E-state index in [1.807, 2.05) is 20.8 Å². The predicted octanol–water partition coefficient (Wildman–Crippen LogP) is 1.02.